The minimum absolute atomic E-state index is 0.0183. The van der Waals surface area contributed by atoms with Crippen LogP contribution in [0.3, 0.4) is 0 Å². The molecule has 21 heavy (non-hydrogen) atoms. The van der Waals surface area contributed by atoms with Crippen LogP contribution in [0.4, 0.5) is 5.69 Å². The summed E-state index contributed by atoms with van der Waals surface area (Å²) in [5.74, 6) is 0. The van der Waals surface area contributed by atoms with Crippen molar-refractivity contribution in [2.24, 2.45) is 0 Å². The molecule has 0 radical (unpaired) electrons. The lowest BCUT2D eigenvalue weighted by Crippen LogP contribution is -2.40. The number of sulfonamides is 1. The van der Waals surface area contributed by atoms with E-state index >= 15 is 0 Å². The van der Waals surface area contributed by atoms with Gasteiger partial charge in [-0.25, -0.2) is 13.1 Å². The third-order valence-electron chi connectivity index (χ3n) is 4.09. The Morgan fingerprint density at radius 2 is 1.90 bits per heavy atom. The molecule has 0 saturated heterocycles. The first-order valence-corrected chi connectivity index (χ1v) is 8.98. The summed E-state index contributed by atoms with van der Waals surface area (Å²) in [6.45, 7) is 0.478. The van der Waals surface area contributed by atoms with Crippen LogP contribution in [-0.2, 0) is 10.0 Å². The molecule has 0 unspecified atom stereocenters. The standard InChI is InChI=1S/C15H24N2O3S/c1-16-21(19,20)15-10-6-5-9-14(15)17(11-12-18)13-7-3-2-4-8-13/h5-6,9-10,13,16,18H,2-4,7-8,11-12H2,1H3. The van der Waals surface area contributed by atoms with E-state index in [-0.39, 0.29) is 11.5 Å². The van der Waals surface area contributed by atoms with Crippen molar-refractivity contribution < 1.29 is 13.5 Å². The van der Waals surface area contributed by atoms with Gasteiger partial charge in [0.2, 0.25) is 10.0 Å². The van der Waals surface area contributed by atoms with Gasteiger partial charge in [-0.05, 0) is 32.0 Å². The van der Waals surface area contributed by atoms with E-state index in [2.05, 4.69) is 9.62 Å². The lowest BCUT2D eigenvalue weighted by Gasteiger charge is -2.36. The fraction of sp³-hybridized carbons (Fsp3) is 0.600. The second kappa shape index (κ2) is 7.24. The number of hydrogen-bond donors (Lipinski definition) is 2. The zero-order valence-electron chi connectivity index (χ0n) is 12.5. The number of hydrogen-bond acceptors (Lipinski definition) is 4. The molecule has 5 nitrogen and oxygen atoms in total. The number of anilines is 1. The van der Waals surface area contributed by atoms with Crippen molar-refractivity contribution in [1.29, 1.82) is 0 Å². The lowest BCUT2D eigenvalue weighted by atomic mass is 9.94. The molecule has 1 aliphatic rings. The lowest BCUT2D eigenvalue weighted by molar-refractivity contribution is 0.289. The highest BCUT2D eigenvalue weighted by Crippen LogP contribution is 2.31. The molecule has 0 spiro atoms. The fourth-order valence-electron chi connectivity index (χ4n) is 3.03. The summed E-state index contributed by atoms with van der Waals surface area (Å²) in [6, 6.07) is 7.32. The largest absolute Gasteiger partial charge is 0.395 e. The molecule has 0 heterocycles. The topological polar surface area (TPSA) is 69.6 Å². The summed E-state index contributed by atoms with van der Waals surface area (Å²) in [5.41, 5.74) is 0.688. The Morgan fingerprint density at radius 1 is 1.24 bits per heavy atom. The van der Waals surface area contributed by atoms with Crippen LogP contribution in [0.1, 0.15) is 32.1 Å². The van der Waals surface area contributed by atoms with E-state index < -0.39 is 10.0 Å². The van der Waals surface area contributed by atoms with Crippen molar-refractivity contribution in [1.82, 2.24) is 4.72 Å². The van der Waals surface area contributed by atoms with Crippen LogP contribution in [0.5, 0.6) is 0 Å². The molecule has 2 rings (SSSR count). The molecular weight excluding hydrogens is 288 g/mol. The van der Waals surface area contributed by atoms with Crippen LogP contribution in [0.15, 0.2) is 29.2 Å². The van der Waals surface area contributed by atoms with E-state index in [1.165, 1.54) is 13.5 Å². The molecule has 1 aromatic carbocycles. The molecule has 0 atom stereocenters. The Labute approximate surface area is 127 Å². The van der Waals surface area contributed by atoms with Crippen molar-refractivity contribution in [2.45, 2.75) is 43.0 Å². The highest BCUT2D eigenvalue weighted by atomic mass is 32.2. The van der Waals surface area contributed by atoms with Crippen LogP contribution < -0.4 is 9.62 Å². The maximum Gasteiger partial charge on any atom is 0.242 e. The number of nitrogens with zero attached hydrogens (tertiary/aromatic N) is 1. The molecule has 1 saturated carbocycles. The van der Waals surface area contributed by atoms with Crippen molar-refractivity contribution in [3.63, 3.8) is 0 Å². The molecule has 6 heteroatoms. The second-order valence-electron chi connectivity index (χ2n) is 5.38. The van der Waals surface area contributed by atoms with Gasteiger partial charge in [0.15, 0.2) is 0 Å². The normalized spacial score (nSPS) is 16.9. The zero-order valence-corrected chi connectivity index (χ0v) is 13.3. The summed E-state index contributed by atoms with van der Waals surface area (Å²) >= 11 is 0. The zero-order chi connectivity index (χ0) is 15.3. The van der Waals surface area contributed by atoms with Gasteiger partial charge in [-0.2, -0.15) is 0 Å². The summed E-state index contributed by atoms with van der Waals surface area (Å²) in [6.07, 6.45) is 5.66. The van der Waals surface area contributed by atoms with Crippen LogP contribution in [0.25, 0.3) is 0 Å². The molecule has 1 aliphatic carbocycles. The first-order valence-electron chi connectivity index (χ1n) is 7.50. The molecule has 1 aromatic rings. The second-order valence-corrected chi connectivity index (χ2v) is 7.24. The number of nitrogens with one attached hydrogen (secondary N) is 1. The number of rotatable bonds is 6. The molecule has 0 amide bonds. The number of benzene rings is 1. The molecular formula is C15H24N2O3S. The Kier molecular flexibility index (Phi) is 5.61. The molecule has 0 aromatic heterocycles. The van der Waals surface area contributed by atoms with E-state index in [1.54, 1.807) is 12.1 Å². The highest BCUT2D eigenvalue weighted by molar-refractivity contribution is 7.89. The van der Waals surface area contributed by atoms with Gasteiger partial charge in [0.25, 0.3) is 0 Å². The molecule has 0 aliphatic heterocycles. The Hall–Kier alpha value is -1.11. The Morgan fingerprint density at radius 3 is 2.52 bits per heavy atom. The number of aliphatic hydroxyl groups is 1. The minimum Gasteiger partial charge on any atom is -0.395 e. The van der Waals surface area contributed by atoms with Gasteiger partial charge < -0.3 is 10.0 Å². The highest BCUT2D eigenvalue weighted by Gasteiger charge is 2.26. The van der Waals surface area contributed by atoms with E-state index in [0.717, 1.165) is 25.7 Å². The summed E-state index contributed by atoms with van der Waals surface area (Å²) in [7, 11) is -2.08. The van der Waals surface area contributed by atoms with Gasteiger partial charge in [-0.1, -0.05) is 31.4 Å². The van der Waals surface area contributed by atoms with Crippen molar-refractivity contribution in [3.8, 4) is 0 Å². The van der Waals surface area contributed by atoms with E-state index in [9.17, 15) is 13.5 Å². The van der Waals surface area contributed by atoms with Crippen molar-refractivity contribution in [3.05, 3.63) is 24.3 Å². The average Bonchev–Trinajstić information content (AvgIpc) is 2.53. The predicted octanol–water partition coefficient (Wildman–Crippen LogP) is 1.73. The van der Waals surface area contributed by atoms with Crippen LogP contribution in [-0.4, -0.2) is 39.8 Å². The van der Waals surface area contributed by atoms with Crippen LogP contribution in [0, 0.1) is 0 Å². The maximum absolute atomic E-state index is 12.2. The first kappa shape index (κ1) is 16.3. The van der Waals surface area contributed by atoms with Gasteiger partial charge in [-0.15, -0.1) is 0 Å². The number of aliphatic hydroxyl groups excluding tert-OH is 1. The molecule has 118 valence electrons. The molecule has 2 N–H and O–H groups in total. The monoisotopic (exact) mass is 312 g/mol. The first-order chi connectivity index (χ1) is 10.1. The predicted molar refractivity (Wildman–Crippen MR) is 84.0 cm³/mol. The summed E-state index contributed by atoms with van der Waals surface area (Å²) in [4.78, 5) is 2.34. The maximum atomic E-state index is 12.2. The molecule has 1 fully saturated rings. The molecule has 0 bridgehead atoms. The summed E-state index contributed by atoms with van der Waals surface area (Å²) in [5, 5.41) is 9.37. The van der Waals surface area contributed by atoms with Gasteiger partial charge in [-0.3, -0.25) is 0 Å². The quantitative estimate of drug-likeness (QED) is 0.839. The Balaban J connectivity index is 2.40. The Bertz CT molecular complexity index is 554. The van der Waals surface area contributed by atoms with Crippen molar-refractivity contribution in [2.75, 3.05) is 25.1 Å². The van der Waals surface area contributed by atoms with Gasteiger partial charge in [0, 0.05) is 12.6 Å². The van der Waals surface area contributed by atoms with Crippen molar-refractivity contribution >= 4 is 15.7 Å². The van der Waals surface area contributed by atoms with E-state index in [0.29, 0.717) is 18.3 Å². The third kappa shape index (κ3) is 3.75. The van der Waals surface area contributed by atoms with Crippen LogP contribution in [0.2, 0.25) is 0 Å². The SMILES string of the molecule is CNS(=O)(=O)c1ccccc1N(CCO)C1CCCCC1. The summed E-state index contributed by atoms with van der Waals surface area (Å²) < 4.78 is 26.8. The van der Waals surface area contributed by atoms with E-state index in [1.807, 2.05) is 12.1 Å². The van der Waals surface area contributed by atoms with E-state index in [4.69, 9.17) is 0 Å². The van der Waals surface area contributed by atoms with Gasteiger partial charge in [0.1, 0.15) is 4.90 Å². The third-order valence-corrected chi connectivity index (χ3v) is 5.55. The van der Waals surface area contributed by atoms with Crippen LogP contribution >= 0.6 is 0 Å². The average molecular weight is 312 g/mol. The fourth-order valence-corrected chi connectivity index (χ4v) is 3.97. The smallest absolute Gasteiger partial charge is 0.242 e. The number of para-hydroxylation sites is 1. The minimum atomic E-state index is -3.50. The van der Waals surface area contributed by atoms with Gasteiger partial charge >= 0.3 is 0 Å². The van der Waals surface area contributed by atoms with Gasteiger partial charge in [0.05, 0.1) is 12.3 Å².